The van der Waals surface area contributed by atoms with Gasteiger partial charge in [0.05, 0.1) is 5.75 Å². The lowest BCUT2D eigenvalue weighted by Crippen LogP contribution is -2.38. The lowest BCUT2D eigenvalue weighted by atomic mass is 10.0. The van der Waals surface area contributed by atoms with Crippen molar-refractivity contribution >= 4 is 28.2 Å². The zero-order valence-electron chi connectivity index (χ0n) is 14.1. The number of hydrogen-bond acceptors (Lipinski definition) is 4. The van der Waals surface area contributed by atoms with E-state index in [1.165, 1.54) is 11.8 Å². The van der Waals surface area contributed by atoms with Crippen molar-refractivity contribution in [3.8, 4) is 0 Å². The molecule has 0 radical (unpaired) electrons. The number of nitrogens with two attached hydrogens (primary N) is 1. The first-order valence-corrected chi connectivity index (χ1v) is 10.1. The van der Waals surface area contributed by atoms with Crippen LogP contribution in [-0.4, -0.2) is 50.9 Å². The second kappa shape index (κ2) is 8.83. The molecule has 1 fully saturated rings. The van der Waals surface area contributed by atoms with Crippen LogP contribution in [0.25, 0.3) is 0 Å². The minimum atomic E-state index is -3.05. The normalized spacial score (nSPS) is 15.4. The maximum atomic E-state index is 12.6. The van der Waals surface area contributed by atoms with Crippen molar-refractivity contribution < 1.29 is 13.2 Å². The molecule has 2 N–H and O–H groups in total. The monoisotopic (exact) mass is 374 g/mol. The molecule has 0 aliphatic heterocycles. The predicted octanol–water partition coefficient (Wildman–Crippen LogP) is 1.65. The molecule has 1 aromatic rings. The molecule has 1 aliphatic rings. The maximum absolute atomic E-state index is 12.6. The largest absolute Gasteiger partial charge is 0.341 e. The highest BCUT2D eigenvalue weighted by Crippen LogP contribution is 2.50. The first kappa shape index (κ1) is 20.9. The van der Waals surface area contributed by atoms with Crippen molar-refractivity contribution in [2.24, 2.45) is 11.1 Å². The highest BCUT2D eigenvalue weighted by Gasteiger charge is 2.47. The topological polar surface area (TPSA) is 80.5 Å². The number of carbonyl (C=O) groups is 1. The molecule has 136 valence electrons. The Bertz CT molecular complexity index is 630. The van der Waals surface area contributed by atoms with E-state index in [0.717, 1.165) is 19.3 Å². The third-order valence-electron chi connectivity index (χ3n) is 4.32. The van der Waals surface area contributed by atoms with E-state index in [9.17, 15) is 13.2 Å². The molecule has 1 aliphatic carbocycles. The van der Waals surface area contributed by atoms with Crippen LogP contribution in [0.5, 0.6) is 0 Å². The van der Waals surface area contributed by atoms with Crippen molar-refractivity contribution in [3.63, 3.8) is 0 Å². The minimum absolute atomic E-state index is 0. The first-order valence-electron chi connectivity index (χ1n) is 8.03. The molecule has 0 heterocycles. The van der Waals surface area contributed by atoms with Gasteiger partial charge in [0.2, 0.25) is 5.91 Å². The first-order chi connectivity index (χ1) is 10.8. The Morgan fingerprint density at radius 1 is 1.21 bits per heavy atom. The molecule has 2 rings (SSSR count). The molecule has 1 aromatic carbocycles. The highest BCUT2D eigenvalue weighted by molar-refractivity contribution is 7.90. The van der Waals surface area contributed by atoms with Crippen LogP contribution in [0.1, 0.15) is 24.8 Å². The zero-order valence-corrected chi connectivity index (χ0v) is 15.7. The summed E-state index contributed by atoms with van der Waals surface area (Å²) in [4.78, 5) is 14.3. The van der Waals surface area contributed by atoms with Crippen molar-refractivity contribution in [2.75, 3.05) is 31.6 Å². The van der Waals surface area contributed by atoms with E-state index in [4.69, 9.17) is 5.73 Å². The molecule has 5 nitrogen and oxygen atoms in total. The maximum Gasteiger partial charge on any atom is 0.223 e. The Hall–Kier alpha value is -1.11. The summed E-state index contributed by atoms with van der Waals surface area (Å²) >= 11 is 0. The van der Waals surface area contributed by atoms with Gasteiger partial charge < -0.3 is 10.6 Å². The summed E-state index contributed by atoms with van der Waals surface area (Å²) in [6.45, 7) is 1.55. The minimum Gasteiger partial charge on any atom is -0.341 e. The van der Waals surface area contributed by atoms with Crippen LogP contribution >= 0.6 is 12.4 Å². The van der Waals surface area contributed by atoms with Crippen LogP contribution in [0, 0.1) is 5.41 Å². The summed E-state index contributed by atoms with van der Waals surface area (Å²) in [6, 6.07) is 10.0. The number of benzene rings is 1. The summed E-state index contributed by atoms with van der Waals surface area (Å²) in [7, 11) is -3.05. The van der Waals surface area contributed by atoms with E-state index in [0.29, 0.717) is 26.1 Å². The molecule has 7 heteroatoms. The van der Waals surface area contributed by atoms with Crippen LogP contribution in [-0.2, 0) is 21.1 Å². The Morgan fingerprint density at radius 2 is 1.83 bits per heavy atom. The van der Waals surface area contributed by atoms with Gasteiger partial charge in [0.15, 0.2) is 0 Å². The van der Waals surface area contributed by atoms with Gasteiger partial charge in [-0.05, 0) is 30.2 Å². The van der Waals surface area contributed by atoms with Gasteiger partial charge in [-0.2, -0.15) is 0 Å². The Morgan fingerprint density at radius 3 is 2.33 bits per heavy atom. The number of nitrogens with zero attached hydrogens (tertiary/aromatic N) is 1. The fourth-order valence-corrected chi connectivity index (χ4v) is 4.47. The summed E-state index contributed by atoms with van der Waals surface area (Å²) < 4.78 is 23.1. The summed E-state index contributed by atoms with van der Waals surface area (Å²) in [5, 5.41) is 0. The number of amides is 1. The number of sulfone groups is 1. The Kier molecular flexibility index (Phi) is 7.70. The third-order valence-corrected chi connectivity index (χ3v) is 5.45. The molecule has 1 amide bonds. The summed E-state index contributed by atoms with van der Waals surface area (Å²) in [5.74, 6) is 0.133. The van der Waals surface area contributed by atoms with E-state index >= 15 is 0 Å². The molecule has 0 bridgehead atoms. The van der Waals surface area contributed by atoms with Crippen molar-refractivity contribution in [2.45, 2.75) is 25.7 Å². The van der Waals surface area contributed by atoms with Crippen LogP contribution < -0.4 is 5.73 Å². The van der Waals surface area contributed by atoms with E-state index in [1.54, 1.807) is 4.90 Å². The number of carbonyl (C=O) groups excluding carboxylic acids is 1. The van der Waals surface area contributed by atoms with Gasteiger partial charge in [-0.25, -0.2) is 8.42 Å². The van der Waals surface area contributed by atoms with E-state index in [2.05, 4.69) is 0 Å². The average molecular weight is 375 g/mol. The number of halogens is 1. The molecule has 0 saturated heterocycles. The second-order valence-electron chi connectivity index (χ2n) is 6.65. The van der Waals surface area contributed by atoms with E-state index < -0.39 is 9.84 Å². The summed E-state index contributed by atoms with van der Waals surface area (Å²) in [5.41, 5.74) is 6.48. The van der Waals surface area contributed by atoms with E-state index in [1.807, 2.05) is 30.3 Å². The van der Waals surface area contributed by atoms with Gasteiger partial charge >= 0.3 is 0 Å². The molecule has 0 aromatic heterocycles. The smallest absolute Gasteiger partial charge is 0.223 e. The quantitative estimate of drug-likeness (QED) is 0.712. The van der Waals surface area contributed by atoms with Crippen LogP contribution in [0.4, 0.5) is 0 Å². The zero-order chi connectivity index (χ0) is 16.9. The van der Waals surface area contributed by atoms with Crippen molar-refractivity contribution in [3.05, 3.63) is 35.9 Å². The molecule has 24 heavy (non-hydrogen) atoms. The second-order valence-corrected chi connectivity index (χ2v) is 8.79. The molecular weight excluding hydrogens is 348 g/mol. The lowest BCUT2D eigenvalue weighted by molar-refractivity contribution is -0.132. The Balaban J connectivity index is 0.00000288. The molecule has 0 spiro atoms. The summed E-state index contributed by atoms with van der Waals surface area (Å²) in [6.07, 6.45) is 3.98. The standard InChI is InChI=1S/C17H26N2O3S.ClH/c1-23(21,22)14-17(8-9-17)13-16(20)19(12-10-18)11-7-15-5-3-2-4-6-15;/h2-6H,7-14,18H2,1H3;1H. The van der Waals surface area contributed by atoms with Crippen LogP contribution in [0.2, 0.25) is 0 Å². The van der Waals surface area contributed by atoms with Crippen molar-refractivity contribution in [1.29, 1.82) is 0 Å². The van der Waals surface area contributed by atoms with Gasteiger partial charge in [0.1, 0.15) is 9.84 Å². The van der Waals surface area contributed by atoms with Gasteiger partial charge in [-0.3, -0.25) is 4.79 Å². The van der Waals surface area contributed by atoms with Gasteiger partial charge in [0.25, 0.3) is 0 Å². The fraction of sp³-hybridized carbons (Fsp3) is 0.588. The predicted molar refractivity (Wildman–Crippen MR) is 99.0 cm³/mol. The van der Waals surface area contributed by atoms with Crippen LogP contribution in [0.3, 0.4) is 0 Å². The van der Waals surface area contributed by atoms with Crippen LogP contribution in [0.15, 0.2) is 30.3 Å². The number of rotatable bonds is 9. The fourth-order valence-electron chi connectivity index (χ4n) is 2.96. The van der Waals surface area contributed by atoms with Gasteiger partial charge in [0, 0.05) is 32.3 Å². The Labute approximate surface area is 150 Å². The molecule has 0 unspecified atom stereocenters. The molecule has 1 saturated carbocycles. The molecular formula is C17H27ClN2O3S. The third kappa shape index (κ3) is 6.79. The van der Waals surface area contributed by atoms with Gasteiger partial charge in [-0.1, -0.05) is 30.3 Å². The number of hydrogen-bond donors (Lipinski definition) is 1. The van der Waals surface area contributed by atoms with Crippen molar-refractivity contribution in [1.82, 2.24) is 4.90 Å². The van der Waals surface area contributed by atoms with Gasteiger partial charge in [-0.15, -0.1) is 12.4 Å². The lowest BCUT2D eigenvalue weighted by Gasteiger charge is -2.24. The van der Waals surface area contributed by atoms with E-state index in [-0.39, 0.29) is 29.5 Å². The highest BCUT2D eigenvalue weighted by atomic mass is 35.5. The molecule has 0 atom stereocenters. The SMILES string of the molecule is CS(=O)(=O)CC1(CC(=O)N(CCN)CCc2ccccc2)CC1.Cl. The average Bonchev–Trinajstić information content (AvgIpc) is 3.21.